The Morgan fingerprint density at radius 2 is 1.57 bits per heavy atom. The summed E-state index contributed by atoms with van der Waals surface area (Å²) in [5.74, 6) is -0.00508. The van der Waals surface area contributed by atoms with E-state index in [9.17, 15) is 18.5 Å². The van der Waals surface area contributed by atoms with E-state index in [4.69, 9.17) is 51.1 Å². The molecular formula is C18H10Cl4N2O5S. The molecular weight excluding hydrogens is 498 g/mol. The third-order valence-electron chi connectivity index (χ3n) is 3.70. The molecule has 1 N–H and O–H groups in total. The van der Waals surface area contributed by atoms with Gasteiger partial charge in [-0.3, -0.25) is 14.8 Å². The van der Waals surface area contributed by atoms with Crippen molar-refractivity contribution < 1.29 is 18.1 Å². The highest BCUT2D eigenvalue weighted by Crippen LogP contribution is 2.41. The normalized spacial score (nSPS) is 11.2. The van der Waals surface area contributed by atoms with Gasteiger partial charge in [0.15, 0.2) is 5.75 Å². The van der Waals surface area contributed by atoms with Crippen LogP contribution in [0.4, 0.5) is 11.4 Å². The topological polar surface area (TPSA) is 98.5 Å². The van der Waals surface area contributed by atoms with Gasteiger partial charge in [-0.15, -0.1) is 0 Å². The predicted octanol–water partition coefficient (Wildman–Crippen LogP) is 6.80. The molecule has 0 aliphatic rings. The van der Waals surface area contributed by atoms with E-state index in [-0.39, 0.29) is 42.8 Å². The van der Waals surface area contributed by atoms with Crippen LogP contribution in [-0.4, -0.2) is 13.3 Å². The van der Waals surface area contributed by atoms with Crippen LogP contribution in [0.5, 0.6) is 11.5 Å². The summed E-state index contributed by atoms with van der Waals surface area (Å²) in [6.45, 7) is 0. The highest BCUT2D eigenvalue weighted by molar-refractivity contribution is 7.92. The van der Waals surface area contributed by atoms with Crippen LogP contribution in [-0.2, 0) is 10.0 Å². The van der Waals surface area contributed by atoms with Crippen LogP contribution in [0.1, 0.15) is 0 Å². The van der Waals surface area contributed by atoms with Crippen LogP contribution in [0.3, 0.4) is 0 Å². The highest BCUT2D eigenvalue weighted by Gasteiger charge is 2.21. The first kappa shape index (κ1) is 22.5. The molecule has 0 saturated heterocycles. The molecule has 12 heteroatoms. The van der Waals surface area contributed by atoms with Crippen LogP contribution in [0, 0.1) is 10.1 Å². The van der Waals surface area contributed by atoms with Gasteiger partial charge in [0.1, 0.15) is 5.75 Å². The molecule has 0 saturated carbocycles. The predicted molar refractivity (Wildman–Crippen MR) is 117 cm³/mol. The van der Waals surface area contributed by atoms with Crippen LogP contribution < -0.4 is 9.46 Å². The number of nitro groups is 1. The zero-order chi connectivity index (χ0) is 22.1. The van der Waals surface area contributed by atoms with E-state index in [1.165, 1.54) is 24.3 Å². The van der Waals surface area contributed by atoms with Crippen LogP contribution in [0.15, 0.2) is 59.5 Å². The maximum atomic E-state index is 12.6. The molecule has 30 heavy (non-hydrogen) atoms. The van der Waals surface area contributed by atoms with Gasteiger partial charge in [0.25, 0.3) is 15.7 Å². The molecule has 0 spiro atoms. The summed E-state index contributed by atoms with van der Waals surface area (Å²) in [6, 6.07) is 12.0. The molecule has 0 heterocycles. The molecule has 0 aromatic heterocycles. The van der Waals surface area contributed by atoms with Gasteiger partial charge < -0.3 is 4.74 Å². The Hall–Kier alpha value is -2.23. The minimum Gasteiger partial charge on any atom is -0.453 e. The molecule has 3 aromatic carbocycles. The summed E-state index contributed by atoms with van der Waals surface area (Å²) in [4.78, 5) is 9.99. The largest absolute Gasteiger partial charge is 0.453 e. The minimum absolute atomic E-state index is 0.0457. The Bertz CT molecular complexity index is 1230. The fourth-order valence-corrected chi connectivity index (χ4v) is 4.55. The SMILES string of the molecule is O=[N+]([O-])c1ccc(Oc2c(Cl)cc(S(=O)(=O)Nc3cccc(Cl)c3)cc2Cl)c(Cl)c1. The van der Waals surface area contributed by atoms with E-state index in [2.05, 4.69) is 4.72 Å². The summed E-state index contributed by atoms with van der Waals surface area (Å²) < 4.78 is 33.2. The van der Waals surface area contributed by atoms with E-state index in [1.54, 1.807) is 12.1 Å². The molecule has 0 fully saturated rings. The average Bonchev–Trinajstić information content (AvgIpc) is 2.65. The fourth-order valence-electron chi connectivity index (χ4n) is 2.35. The van der Waals surface area contributed by atoms with E-state index < -0.39 is 14.9 Å². The standard InChI is InChI=1S/C18H10Cl4N2O5S/c19-10-2-1-3-11(6-10)23-30(27,28)13-8-15(21)18(16(22)9-13)29-17-5-4-12(24(25)26)7-14(17)20/h1-9,23H. The zero-order valence-corrected chi connectivity index (χ0v) is 18.4. The second-order valence-corrected chi connectivity index (χ2v) is 9.15. The summed E-state index contributed by atoms with van der Waals surface area (Å²) in [6.07, 6.45) is 0. The number of nitro benzene ring substituents is 1. The summed E-state index contributed by atoms with van der Waals surface area (Å²) >= 11 is 24.2. The molecule has 7 nitrogen and oxygen atoms in total. The van der Waals surface area contributed by atoms with Crippen LogP contribution in [0.2, 0.25) is 20.1 Å². The second kappa shape index (κ2) is 8.87. The van der Waals surface area contributed by atoms with Gasteiger partial charge in [-0.1, -0.05) is 52.5 Å². The third-order valence-corrected chi connectivity index (χ3v) is 6.15. The van der Waals surface area contributed by atoms with Gasteiger partial charge in [0.05, 0.1) is 30.6 Å². The zero-order valence-electron chi connectivity index (χ0n) is 14.6. The number of hydrogen-bond acceptors (Lipinski definition) is 5. The molecule has 0 bridgehead atoms. The monoisotopic (exact) mass is 506 g/mol. The minimum atomic E-state index is -4.02. The van der Waals surface area contributed by atoms with Crippen molar-refractivity contribution in [3.05, 3.63) is 84.8 Å². The lowest BCUT2D eigenvalue weighted by molar-refractivity contribution is -0.384. The van der Waals surface area contributed by atoms with Crippen LogP contribution in [0.25, 0.3) is 0 Å². The Balaban J connectivity index is 1.91. The second-order valence-electron chi connectivity index (χ2n) is 5.81. The van der Waals surface area contributed by atoms with Gasteiger partial charge in [0.2, 0.25) is 0 Å². The molecule has 0 unspecified atom stereocenters. The van der Waals surface area contributed by atoms with Crippen molar-refractivity contribution >= 4 is 67.8 Å². The third kappa shape index (κ3) is 5.08. The summed E-state index contributed by atoms with van der Waals surface area (Å²) in [7, 11) is -4.02. The molecule has 3 aromatic rings. The Morgan fingerprint density at radius 1 is 0.900 bits per heavy atom. The number of nitrogens with zero attached hydrogens (tertiary/aromatic N) is 1. The number of halogens is 4. The van der Waals surface area contributed by atoms with Crippen LogP contribution >= 0.6 is 46.4 Å². The van der Waals surface area contributed by atoms with Gasteiger partial charge in [-0.05, 0) is 36.4 Å². The Morgan fingerprint density at radius 3 is 2.13 bits per heavy atom. The molecule has 0 atom stereocenters. The fraction of sp³-hybridized carbons (Fsp3) is 0. The summed E-state index contributed by atoms with van der Waals surface area (Å²) in [5.41, 5.74) is 0.0332. The van der Waals surface area contributed by atoms with Gasteiger partial charge >= 0.3 is 0 Å². The molecule has 3 rings (SSSR count). The number of non-ortho nitro benzene ring substituents is 1. The first-order valence-corrected chi connectivity index (χ1v) is 11.0. The molecule has 156 valence electrons. The number of rotatable bonds is 6. The first-order valence-electron chi connectivity index (χ1n) is 7.96. The number of ether oxygens (including phenoxy) is 1. The van der Waals surface area contributed by atoms with Crippen molar-refractivity contribution in [3.63, 3.8) is 0 Å². The van der Waals surface area contributed by atoms with Gasteiger partial charge in [-0.2, -0.15) is 0 Å². The van der Waals surface area contributed by atoms with E-state index in [0.717, 1.165) is 18.2 Å². The lowest BCUT2D eigenvalue weighted by Crippen LogP contribution is -2.13. The number of benzene rings is 3. The number of nitrogens with one attached hydrogen (secondary N) is 1. The van der Waals surface area contributed by atoms with Crippen molar-refractivity contribution in [2.75, 3.05) is 4.72 Å². The van der Waals surface area contributed by atoms with Crippen molar-refractivity contribution in [3.8, 4) is 11.5 Å². The maximum Gasteiger partial charge on any atom is 0.271 e. The first-order chi connectivity index (χ1) is 14.1. The highest BCUT2D eigenvalue weighted by atomic mass is 35.5. The van der Waals surface area contributed by atoms with Crippen molar-refractivity contribution in [2.24, 2.45) is 0 Å². The average molecular weight is 508 g/mol. The smallest absolute Gasteiger partial charge is 0.271 e. The summed E-state index contributed by atoms with van der Waals surface area (Å²) in [5, 5.41) is 10.9. The number of sulfonamides is 1. The van der Waals surface area contributed by atoms with Crippen molar-refractivity contribution in [1.29, 1.82) is 0 Å². The van der Waals surface area contributed by atoms with E-state index in [1.807, 2.05) is 0 Å². The van der Waals surface area contributed by atoms with Crippen molar-refractivity contribution in [2.45, 2.75) is 4.90 Å². The number of anilines is 1. The van der Waals surface area contributed by atoms with Gasteiger partial charge in [-0.25, -0.2) is 8.42 Å². The molecule has 0 aliphatic carbocycles. The molecule has 0 amide bonds. The van der Waals surface area contributed by atoms with Gasteiger partial charge in [0, 0.05) is 17.2 Å². The lowest BCUT2D eigenvalue weighted by Gasteiger charge is -2.13. The van der Waals surface area contributed by atoms with E-state index in [0.29, 0.717) is 5.02 Å². The quantitative estimate of drug-likeness (QED) is 0.292. The lowest BCUT2D eigenvalue weighted by atomic mass is 10.3. The van der Waals surface area contributed by atoms with E-state index >= 15 is 0 Å². The number of hydrogen-bond donors (Lipinski definition) is 1. The Labute approximate surface area is 191 Å². The maximum absolute atomic E-state index is 12.6. The van der Waals surface area contributed by atoms with Crippen molar-refractivity contribution in [1.82, 2.24) is 0 Å². The molecule has 0 aliphatic heterocycles. The molecule has 0 radical (unpaired) electrons. The Kier molecular flexibility index (Phi) is 6.64.